The van der Waals surface area contributed by atoms with Gasteiger partial charge in [-0.25, -0.2) is 4.98 Å². The first-order valence-corrected chi connectivity index (χ1v) is 10.3. The van der Waals surface area contributed by atoms with Crippen LogP contribution < -0.4 is 5.32 Å². The molecule has 2 heterocycles. The lowest BCUT2D eigenvalue weighted by Crippen LogP contribution is -2.37. The maximum Gasteiger partial charge on any atom is 0.223 e. The van der Waals surface area contributed by atoms with Crippen molar-refractivity contribution in [3.63, 3.8) is 0 Å². The molecule has 1 saturated heterocycles. The first-order chi connectivity index (χ1) is 12.7. The van der Waals surface area contributed by atoms with E-state index in [2.05, 4.69) is 33.2 Å². The Morgan fingerprint density at radius 1 is 1.38 bits per heavy atom. The molecule has 4 rings (SSSR count). The van der Waals surface area contributed by atoms with Crippen LogP contribution >= 0.6 is 0 Å². The molecule has 0 bridgehead atoms. The third kappa shape index (κ3) is 3.88. The summed E-state index contributed by atoms with van der Waals surface area (Å²) in [5, 5.41) is 3.21. The van der Waals surface area contributed by atoms with Crippen LogP contribution in [0.15, 0.2) is 18.0 Å². The quantitative estimate of drug-likeness (QED) is 0.769. The van der Waals surface area contributed by atoms with E-state index in [4.69, 9.17) is 0 Å². The van der Waals surface area contributed by atoms with Crippen LogP contribution in [0, 0.1) is 18.3 Å². The number of aromatic nitrogens is 2. The molecule has 1 aromatic heterocycles. The normalized spacial score (nSPS) is 25.1. The summed E-state index contributed by atoms with van der Waals surface area (Å²) in [4.78, 5) is 22.6. The summed E-state index contributed by atoms with van der Waals surface area (Å²) in [5.74, 6) is 0.565. The van der Waals surface area contributed by atoms with E-state index in [1.54, 1.807) is 11.9 Å². The average molecular weight is 357 g/mol. The second kappa shape index (κ2) is 7.55. The Balaban J connectivity index is 1.19. The molecule has 1 aromatic rings. The van der Waals surface area contributed by atoms with Crippen molar-refractivity contribution in [2.24, 2.45) is 11.3 Å². The van der Waals surface area contributed by atoms with Gasteiger partial charge in [0.05, 0.1) is 12.0 Å². The Kier molecular flexibility index (Phi) is 5.16. The van der Waals surface area contributed by atoms with Crippen LogP contribution in [0.4, 0.5) is 0 Å². The van der Waals surface area contributed by atoms with Crippen molar-refractivity contribution in [3.8, 4) is 0 Å². The van der Waals surface area contributed by atoms with Gasteiger partial charge in [0.2, 0.25) is 5.91 Å². The van der Waals surface area contributed by atoms with E-state index in [0.29, 0.717) is 11.3 Å². The highest BCUT2D eigenvalue weighted by atomic mass is 16.2. The van der Waals surface area contributed by atoms with Crippen LogP contribution in [0.25, 0.3) is 0 Å². The highest BCUT2D eigenvalue weighted by molar-refractivity contribution is 5.82. The monoisotopic (exact) mass is 356 g/mol. The lowest BCUT2D eigenvalue weighted by molar-refractivity contribution is -0.123. The van der Waals surface area contributed by atoms with Crippen LogP contribution in [0.1, 0.15) is 62.8 Å². The highest BCUT2D eigenvalue weighted by Gasteiger charge is 2.58. The molecule has 0 radical (unpaired) electrons. The fourth-order valence-corrected chi connectivity index (χ4v) is 4.79. The number of hydrogen-bond donors (Lipinski definition) is 2. The van der Waals surface area contributed by atoms with E-state index >= 15 is 0 Å². The molecule has 26 heavy (non-hydrogen) atoms. The molecule has 1 aliphatic heterocycles. The first kappa shape index (κ1) is 17.8. The SMILES string of the molecule is Cc1[nH]cnc1CN1CCC2(CC1)CC2C(=O)NCCC1=CCCCC1. The number of aryl methyl sites for hydroxylation is 1. The largest absolute Gasteiger partial charge is 0.356 e. The Labute approximate surface area is 156 Å². The van der Waals surface area contributed by atoms with Gasteiger partial charge in [0.1, 0.15) is 0 Å². The van der Waals surface area contributed by atoms with E-state index < -0.39 is 0 Å². The zero-order valence-corrected chi connectivity index (χ0v) is 16.0. The standard InChI is InChI=1S/C21H32N4O/c1-16-19(24-15-23-16)14-25-11-8-21(9-12-25)13-18(21)20(26)22-10-7-17-5-3-2-4-6-17/h5,15,18H,2-4,6-14H2,1H3,(H,22,26)(H,23,24). The third-order valence-electron chi connectivity index (χ3n) is 6.80. The summed E-state index contributed by atoms with van der Waals surface area (Å²) < 4.78 is 0. The number of nitrogens with one attached hydrogen (secondary N) is 2. The number of carbonyl (C=O) groups is 1. The predicted octanol–water partition coefficient (Wildman–Crippen LogP) is 3.33. The molecule has 2 fully saturated rings. The summed E-state index contributed by atoms with van der Waals surface area (Å²) in [6, 6.07) is 0. The smallest absolute Gasteiger partial charge is 0.223 e. The summed E-state index contributed by atoms with van der Waals surface area (Å²) in [5.41, 5.74) is 4.17. The van der Waals surface area contributed by atoms with Gasteiger partial charge < -0.3 is 10.3 Å². The zero-order chi connectivity index (χ0) is 18.0. The lowest BCUT2D eigenvalue weighted by atomic mass is 9.90. The summed E-state index contributed by atoms with van der Waals surface area (Å²) in [6.07, 6.45) is 13.7. The maximum atomic E-state index is 12.5. The maximum absolute atomic E-state index is 12.5. The lowest BCUT2D eigenvalue weighted by Gasteiger charge is -2.32. The van der Waals surface area contributed by atoms with Crippen molar-refractivity contribution in [1.82, 2.24) is 20.2 Å². The van der Waals surface area contributed by atoms with E-state index in [1.165, 1.54) is 31.4 Å². The number of aromatic amines is 1. The van der Waals surface area contributed by atoms with Crippen molar-refractivity contribution in [2.75, 3.05) is 19.6 Å². The molecular weight excluding hydrogens is 324 g/mol. The number of amides is 1. The molecule has 1 saturated carbocycles. The number of imidazole rings is 1. The van der Waals surface area contributed by atoms with Gasteiger partial charge in [0, 0.05) is 24.7 Å². The number of piperidine rings is 1. The van der Waals surface area contributed by atoms with E-state index in [9.17, 15) is 4.79 Å². The molecule has 142 valence electrons. The van der Waals surface area contributed by atoms with Crippen molar-refractivity contribution >= 4 is 5.91 Å². The number of carbonyl (C=O) groups excluding carboxylic acids is 1. The van der Waals surface area contributed by atoms with Gasteiger partial charge >= 0.3 is 0 Å². The van der Waals surface area contributed by atoms with Gasteiger partial charge in [-0.2, -0.15) is 0 Å². The molecular formula is C21H32N4O. The van der Waals surface area contributed by atoms with Crippen molar-refractivity contribution in [3.05, 3.63) is 29.4 Å². The van der Waals surface area contributed by atoms with Gasteiger partial charge in [0.15, 0.2) is 0 Å². The van der Waals surface area contributed by atoms with Crippen molar-refractivity contribution in [2.45, 2.75) is 64.8 Å². The molecule has 3 aliphatic rings. The van der Waals surface area contributed by atoms with E-state index in [-0.39, 0.29) is 5.92 Å². The predicted molar refractivity (Wildman–Crippen MR) is 103 cm³/mol. The molecule has 5 nitrogen and oxygen atoms in total. The number of likely N-dealkylation sites (tertiary alicyclic amines) is 1. The third-order valence-corrected chi connectivity index (χ3v) is 6.80. The van der Waals surface area contributed by atoms with Gasteiger partial charge in [-0.1, -0.05) is 11.6 Å². The average Bonchev–Trinajstić information content (AvgIpc) is 3.22. The Hall–Kier alpha value is -1.62. The Bertz CT molecular complexity index is 669. The molecule has 5 heteroatoms. The van der Waals surface area contributed by atoms with E-state index in [0.717, 1.165) is 57.6 Å². The van der Waals surface area contributed by atoms with Gasteiger partial charge in [0.25, 0.3) is 0 Å². The fourth-order valence-electron chi connectivity index (χ4n) is 4.79. The Morgan fingerprint density at radius 2 is 2.23 bits per heavy atom. The minimum atomic E-state index is 0.261. The minimum Gasteiger partial charge on any atom is -0.356 e. The molecule has 1 atom stereocenters. The van der Waals surface area contributed by atoms with Crippen LogP contribution in [0.5, 0.6) is 0 Å². The second-order valence-electron chi connectivity index (χ2n) is 8.52. The number of allylic oxidation sites excluding steroid dienone is 1. The molecule has 2 aliphatic carbocycles. The molecule has 2 N–H and O–H groups in total. The first-order valence-electron chi connectivity index (χ1n) is 10.3. The molecule has 1 spiro atoms. The molecule has 0 aromatic carbocycles. The zero-order valence-electron chi connectivity index (χ0n) is 16.0. The number of H-pyrrole nitrogens is 1. The van der Waals surface area contributed by atoms with Crippen LogP contribution in [-0.4, -0.2) is 40.4 Å². The second-order valence-corrected chi connectivity index (χ2v) is 8.52. The van der Waals surface area contributed by atoms with Gasteiger partial charge in [-0.15, -0.1) is 0 Å². The van der Waals surface area contributed by atoms with E-state index in [1.807, 2.05) is 0 Å². The number of nitrogens with zero attached hydrogens (tertiary/aromatic N) is 2. The highest BCUT2D eigenvalue weighted by Crippen LogP contribution is 2.59. The molecule has 1 unspecified atom stereocenters. The number of hydrogen-bond acceptors (Lipinski definition) is 3. The summed E-state index contributed by atoms with van der Waals surface area (Å²) in [7, 11) is 0. The topological polar surface area (TPSA) is 61.0 Å². The number of rotatable bonds is 6. The van der Waals surface area contributed by atoms with Gasteiger partial charge in [-0.05, 0) is 76.8 Å². The fraction of sp³-hybridized carbons (Fsp3) is 0.714. The summed E-state index contributed by atoms with van der Waals surface area (Å²) >= 11 is 0. The molecule has 1 amide bonds. The van der Waals surface area contributed by atoms with Crippen LogP contribution in [0.3, 0.4) is 0 Å². The summed E-state index contributed by atoms with van der Waals surface area (Å²) in [6.45, 7) is 6.00. The van der Waals surface area contributed by atoms with Crippen LogP contribution in [0.2, 0.25) is 0 Å². The van der Waals surface area contributed by atoms with Gasteiger partial charge in [-0.3, -0.25) is 9.69 Å². The Morgan fingerprint density at radius 3 is 2.92 bits per heavy atom. The van der Waals surface area contributed by atoms with Crippen LogP contribution in [-0.2, 0) is 11.3 Å². The van der Waals surface area contributed by atoms with Crippen molar-refractivity contribution < 1.29 is 4.79 Å². The van der Waals surface area contributed by atoms with Crippen molar-refractivity contribution in [1.29, 1.82) is 0 Å². The minimum absolute atomic E-state index is 0.261.